The predicted octanol–water partition coefficient (Wildman–Crippen LogP) is 4.15. The van der Waals surface area contributed by atoms with Crippen LogP contribution in [0.2, 0.25) is 0 Å². The van der Waals surface area contributed by atoms with Gasteiger partial charge in [0.25, 0.3) is 5.91 Å². The molecule has 0 bridgehead atoms. The Hall–Kier alpha value is -2.56. The molecule has 0 fully saturated rings. The van der Waals surface area contributed by atoms with E-state index in [1.165, 1.54) is 0 Å². The van der Waals surface area contributed by atoms with Crippen LogP contribution in [-0.4, -0.2) is 43.0 Å². The Kier molecular flexibility index (Phi) is 6.81. The minimum atomic E-state index is 0.00517. The van der Waals surface area contributed by atoms with Crippen molar-refractivity contribution in [3.63, 3.8) is 0 Å². The Morgan fingerprint density at radius 1 is 0.960 bits per heavy atom. The van der Waals surface area contributed by atoms with Crippen molar-refractivity contribution in [1.82, 2.24) is 9.88 Å². The van der Waals surface area contributed by atoms with Gasteiger partial charge in [-0.05, 0) is 49.2 Å². The second kappa shape index (κ2) is 9.06. The van der Waals surface area contributed by atoms with Gasteiger partial charge in [-0.1, -0.05) is 13.8 Å². The number of carbonyl (C=O) groups excluding carboxylic acids is 1. The molecule has 5 nitrogen and oxygen atoms in total. The van der Waals surface area contributed by atoms with Crippen LogP contribution < -0.4 is 10.2 Å². The number of hydrogen-bond acceptors (Lipinski definition) is 4. The van der Waals surface area contributed by atoms with Crippen molar-refractivity contribution in [2.24, 2.45) is 0 Å². The molecule has 2 aromatic rings. The summed E-state index contributed by atoms with van der Waals surface area (Å²) in [5, 5.41) is 3.31. The van der Waals surface area contributed by atoms with Gasteiger partial charge in [0, 0.05) is 38.6 Å². The van der Waals surface area contributed by atoms with Gasteiger partial charge < -0.3 is 15.1 Å². The molecule has 0 saturated heterocycles. The van der Waals surface area contributed by atoms with E-state index in [1.54, 1.807) is 12.3 Å². The highest BCUT2D eigenvalue weighted by Gasteiger charge is 2.15. The quantitative estimate of drug-likeness (QED) is 0.784. The summed E-state index contributed by atoms with van der Waals surface area (Å²) in [6.45, 7) is 5.70. The lowest BCUT2D eigenvalue weighted by Crippen LogP contribution is -2.33. The standard InChI is InChI=1S/C20H28N4O/c1-5-13-24(14-6-2)20(25)19-12-9-17(15-21-19)22-16-7-10-18(11-8-16)23(3)4/h7-12,15,22H,5-6,13-14H2,1-4H3. The molecule has 1 aromatic heterocycles. The van der Waals surface area contributed by atoms with Gasteiger partial charge in [-0.15, -0.1) is 0 Å². The predicted molar refractivity (Wildman–Crippen MR) is 105 cm³/mol. The second-order valence-electron chi connectivity index (χ2n) is 6.29. The summed E-state index contributed by atoms with van der Waals surface area (Å²) < 4.78 is 0. The summed E-state index contributed by atoms with van der Waals surface area (Å²) in [5.41, 5.74) is 3.50. The topological polar surface area (TPSA) is 48.5 Å². The molecule has 1 aromatic carbocycles. The van der Waals surface area contributed by atoms with Gasteiger partial charge in [0.2, 0.25) is 0 Å². The third-order valence-corrected chi connectivity index (χ3v) is 3.93. The highest BCUT2D eigenvalue weighted by molar-refractivity contribution is 5.92. The lowest BCUT2D eigenvalue weighted by Gasteiger charge is -2.21. The fourth-order valence-corrected chi connectivity index (χ4v) is 2.62. The fourth-order valence-electron chi connectivity index (χ4n) is 2.62. The molecule has 0 aliphatic carbocycles. The van der Waals surface area contributed by atoms with Gasteiger partial charge >= 0.3 is 0 Å². The normalized spacial score (nSPS) is 10.4. The van der Waals surface area contributed by atoms with Crippen LogP contribution in [0.15, 0.2) is 42.6 Å². The van der Waals surface area contributed by atoms with Gasteiger partial charge in [-0.3, -0.25) is 4.79 Å². The number of carbonyl (C=O) groups is 1. The summed E-state index contributed by atoms with van der Waals surface area (Å²) in [5.74, 6) is 0.00517. The summed E-state index contributed by atoms with van der Waals surface area (Å²) >= 11 is 0. The first-order valence-corrected chi connectivity index (χ1v) is 8.84. The van der Waals surface area contributed by atoms with Crippen molar-refractivity contribution >= 4 is 23.0 Å². The molecule has 0 spiro atoms. The highest BCUT2D eigenvalue weighted by atomic mass is 16.2. The van der Waals surface area contributed by atoms with E-state index in [9.17, 15) is 4.79 Å². The van der Waals surface area contributed by atoms with Crippen molar-refractivity contribution in [1.29, 1.82) is 0 Å². The number of benzene rings is 1. The van der Waals surface area contributed by atoms with Gasteiger partial charge in [-0.25, -0.2) is 4.98 Å². The molecule has 1 amide bonds. The van der Waals surface area contributed by atoms with Gasteiger partial charge in [-0.2, -0.15) is 0 Å². The molecule has 1 N–H and O–H groups in total. The fraction of sp³-hybridized carbons (Fsp3) is 0.400. The number of rotatable bonds is 8. The van der Waals surface area contributed by atoms with E-state index in [0.29, 0.717) is 5.69 Å². The van der Waals surface area contributed by atoms with Crippen LogP contribution in [0.1, 0.15) is 37.2 Å². The van der Waals surface area contributed by atoms with E-state index in [1.807, 2.05) is 37.2 Å². The number of amides is 1. The first-order chi connectivity index (χ1) is 12.0. The molecule has 0 aliphatic heterocycles. The largest absolute Gasteiger partial charge is 0.378 e. The van der Waals surface area contributed by atoms with Gasteiger partial charge in [0.15, 0.2) is 0 Å². The molecule has 134 valence electrons. The average Bonchev–Trinajstić information content (AvgIpc) is 2.62. The number of nitrogens with zero attached hydrogens (tertiary/aromatic N) is 3. The highest BCUT2D eigenvalue weighted by Crippen LogP contribution is 2.20. The molecule has 0 aliphatic rings. The number of aromatic nitrogens is 1. The van der Waals surface area contributed by atoms with Crippen LogP contribution in [0.4, 0.5) is 17.1 Å². The maximum atomic E-state index is 12.5. The summed E-state index contributed by atoms with van der Waals surface area (Å²) in [7, 11) is 4.03. The Bertz CT molecular complexity index is 659. The number of hydrogen-bond donors (Lipinski definition) is 1. The molecule has 1 heterocycles. The maximum absolute atomic E-state index is 12.5. The zero-order valence-electron chi connectivity index (χ0n) is 15.6. The van der Waals surface area contributed by atoms with Crippen LogP contribution in [0.3, 0.4) is 0 Å². The molecule has 0 atom stereocenters. The van der Waals surface area contributed by atoms with Crippen LogP contribution in [0.25, 0.3) is 0 Å². The molecule has 2 rings (SSSR count). The van der Waals surface area contributed by atoms with Crippen LogP contribution in [-0.2, 0) is 0 Å². The first-order valence-electron chi connectivity index (χ1n) is 8.84. The van der Waals surface area contributed by atoms with Crippen molar-refractivity contribution in [3.8, 4) is 0 Å². The average molecular weight is 340 g/mol. The Morgan fingerprint density at radius 2 is 1.56 bits per heavy atom. The van der Waals surface area contributed by atoms with Crippen molar-refractivity contribution < 1.29 is 4.79 Å². The number of pyridine rings is 1. The van der Waals surface area contributed by atoms with Gasteiger partial charge in [0.1, 0.15) is 5.69 Å². The Labute approximate surface area is 150 Å². The van der Waals surface area contributed by atoms with E-state index >= 15 is 0 Å². The van der Waals surface area contributed by atoms with Crippen LogP contribution in [0.5, 0.6) is 0 Å². The molecular weight excluding hydrogens is 312 g/mol. The van der Waals surface area contributed by atoms with E-state index < -0.39 is 0 Å². The second-order valence-corrected chi connectivity index (χ2v) is 6.29. The third kappa shape index (κ3) is 5.21. The minimum Gasteiger partial charge on any atom is -0.378 e. The minimum absolute atomic E-state index is 0.00517. The molecule has 25 heavy (non-hydrogen) atoms. The lowest BCUT2D eigenvalue weighted by atomic mass is 10.2. The molecule has 0 unspecified atom stereocenters. The van der Waals surface area contributed by atoms with Crippen LogP contribution >= 0.6 is 0 Å². The number of anilines is 3. The lowest BCUT2D eigenvalue weighted by molar-refractivity contribution is 0.0749. The molecule has 0 radical (unpaired) electrons. The zero-order valence-corrected chi connectivity index (χ0v) is 15.6. The molecular formula is C20H28N4O. The smallest absolute Gasteiger partial charge is 0.272 e. The summed E-state index contributed by atoms with van der Waals surface area (Å²) in [4.78, 5) is 20.8. The number of nitrogens with one attached hydrogen (secondary N) is 1. The van der Waals surface area contributed by atoms with E-state index in [-0.39, 0.29) is 5.91 Å². The maximum Gasteiger partial charge on any atom is 0.272 e. The Balaban J connectivity index is 2.04. The molecule has 0 saturated carbocycles. The van der Waals surface area contributed by atoms with Crippen molar-refractivity contribution in [2.45, 2.75) is 26.7 Å². The first kappa shape index (κ1) is 18.8. The SMILES string of the molecule is CCCN(CCC)C(=O)c1ccc(Nc2ccc(N(C)C)cc2)cn1. The summed E-state index contributed by atoms with van der Waals surface area (Å²) in [6.07, 6.45) is 3.62. The Morgan fingerprint density at radius 3 is 2.04 bits per heavy atom. The van der Waals surface area contributed by atoms with E-state index in [2.05, 4.69) is 41.2 Å². The monoisotopic (exact) mass is 340 g/mol. The van der Waals surface area contributed by atoms with E-state index in [4.69, 9.17) is 0 Å². The van der Waals surface area contributed by atoms with Crippen molar-refractivity contribution in [3.05, 3.63) is 48.3 Å². The van der Waals surface area contributed by atoms with Crippen LogP contribution in [0, 0.1) is 0 Å². The van der Waals surface area contributed by atoms with Gasteiger partial charge in [0.05, 0.1) is 11.9 Å². The summed E-state index contributed by atoms with van der Waals surface area (Å²) in [6, 6.07) is 11.9. The van der Waals surface area contributed by atoms with Crippen molar-refractivity contribution in [2.75, 3.05) is 37.4 Å². The third-order valence-electron chi connectivity index (χ3n) is 3.93. The van der Waals surface area contributed by atoms with E-state index in [0.717, 1.165) is 43.0 Å². The zero-order chi connectivity index (χ0) is 18.2. The molecule has 5 heteroatoms.